The van der Waals surface area contributed by atoms with Gasteiger partial charge in [0.25, 0.3) is 0 Å². The van der Waals surface area contributed by atoms with Crippen LogP contribution in [0.5, 0.6) is 0 Å². The van der Waals surface area contributed by atoms with Gasteiger partial charge in [-0.05, 0) is 19.3 Å². The van der Waals surface area contributed by atoms with Gasteiger partial charge in [0.1, 0.15) is 0 Å². The van der Waals surface area contributed by atoms with Gasteiger partial charge >= 0.3 is 0 Å². The first kappa shape index (κ1) is 11.9. The zero-order valence-electron chi connectivity index (χ0n) is 10.2. The highest BCUT2D eigenvalue weighted by atomic mass is 16.5. The summed E-state index contributed by atoms with van der Waals surface area (Å²) in [6.45, 7) is 5.73. The Kier molecular flexibility index (Phi) is 3.82. The molecule has 2 saturated heterocycles. The fourth-order valence-corrected chi connectivity index (χ4v) is 2.68. The second-order valence-electron chi connectivity index (χ2n) is 4.69. The largest absolute Gasteiger partial charge is 0.379 e. The normalized spacial score (nSPS) is 35.0. The van der Waals surface area contributed by atoms with E-state index >= 15 is 0 Å². The lowest BCUT2D eigenvalue weighted by Gasteiger charge is -2.29. The van der Waals surface area contributed by atoms with Crippen LogP contribution in [0.4, 0.5) is 0 Å². The number of ether oxygens (including phenoxy) is 1. The molecule has 0 bridgehead atoms. The topological polar surface area (TPSA) is 41.6 Å². The number of nitrogens with zero attached hydrogens (tertiary/aromatic N) is 1. The molecule has 3 atom stereocenters. The molecular weight excluding hydrogens is 204 g/mol. The molecule has 2 fully saturated rings. The standard InChI is InChI=1S/C12H22N2O2/c1-3-5-11-13-10(4-2)12(15)14(11)9-6-7-16-8-9/h9-11,13H,3-8H2,1-2H3. The number of rotatable bonds is 4. The SMILES string of the molecule is CCCC1NC(CC)C(=O)N1C1CCOC1. The van der Waals surface area contributed by atoms with Gasteiger partial charge in [0.2, 0.25) is 5.91 Å². The molecule has 92 valence electrons. The van der Waals surface area contributed by atoms with E-state index in [9.17, 15) is 4.79 Å². The van der Waals surface area contributed by atoms with Crippen molar-refractivity contribution in [3.63, 3.8) is 0 Å². The Morgan fingerprint density at radius 3 is 2.88 bits per heavy atom. The summed E-state index contributed by atoms with van der Waals surface area (Å²) in [5, 5.41) is 3.44. The lowest BCUT2D eigenvalue weighted by molar-refractivity contribution is -0.132. The van der Waals surface area contributed by atoms with Crippen LogP contribution >= 0.6 is 0 Å². The summed E-state index contributed by atoms with van der Waals surface area (Å²) in [5.74, 6) is 0.274. The van der Waals surface area contributed by atoms with Gasteiger partial charge in [-0.25, -0.2) is 0 Å². The molecule has 2 aliphatic heterocycles. The van der Waals surface area contributed by atoms with Crippen molar-refractivity contribution in [1.29, 1.82) is 0 Å². The predicted octanol–water partition coefficient (Wildman–Crippen LogP) is 1.11. The first-order valence-electron chi connectivity index (χ1n) is 6.43. The van der Waals surface area contributed by atoms with Crippen molar-refractivity contribution >= 4 is 5.91 Å². The van der Waals surface area contributed by atoms with E-state index in [4.69, 9.17) is 4.74 Å². The van der Waals surface area contributed by atoms with Crippen molar-refractivity contribution in [2.45, 2.75) is 57.8 Å². The van der Waals surface area contributed by atoms with E-state index in [0.29, 0.717) is 12.6 Å². The Morgan fingerprint density at radius 1 is 1.50 bits per heavy atom. The second-order valence-corrected chi connectivity index (χ2v) is 4.69. The quantitative estimate of drug-likeness (QED) is 0.781. The summed E-state index contributed by atoms with van der Waals surface area (Å²) >= 11 is 0. The Hall–Kier alpha value is -0.610. The third-order valence-corrected chi connectivity index (χ3v) is 3.55. The lowest BCUT2D eigenvalue weighted by Crippen LogP contribution is -2.44. The van der Waals surface area contributed by atoms with Crippen LogP contribution in [0.3, 0.4) is 0 Å². The van der Waals surface area contributed by atoms with Crippen molar-refractivity contribution in [2.75, 3.05) is 13.2 Å². The molecule has 1 N–H and O–H groups in total. The van der Waals surface area contributed by atoms with E-state index in [0.717, 1.165) is 32.3 Å². The molecule has 0 aromatic carbocycles. The molecule has 1 amide bonds. The Morgan fingerprint density at radius 2 is 2.31 bits per heavy atom. The Labute approximate surface area is 97.3 Å². The average molecular weight is 226 g/mol. The molecule has 0 spiro atoms. The minimum Gasteiger partial charge on any atom is -0.379 e. The Balaban J connectivity index is 2.07. The van der Waals surface area contributed by atoms with Crippen molar-refractivity contribution in [3.8, 4) is 0 Å². The number of hydrogen-bond acceptors (Lipinski definition) is 3. The maximum absolute atomic E-state index is 12.2. The minimum absolute atomic E-state index is 0.0251. The van der Waals surface area contributed by atoms with E-state index in [1.165, 1.54) is 0 Å². The van der Waals surface area contributed by atoms with Gasteiger partial charge in [-0.2, -0.15) is 0 Å². The highest BCUT2D eigenvalue weighted by molar-refractivity contribution is 5.84. The van der Waals surface area contributed by atoms with Gasteiger partial charge in [0.05, 0.1) is 24.9 Å². The molecule has 0 saturated carbocycles. The van der Waals surface area contributed by atoms with Crippen LogP contribution < -0.4 is 5.32 Å². The molecule has 0 aromatic heterocycles. The number of nitrogens with one attached hydrogen (secondary N) is 1. The minimum atomic E-state index is 0.0251. The fraction of sp³-hybridized carbons (Fsp3) is 0.917. The Bertz CT molecular complexity index is 251. The van der Waals surface area contributed by atoms with Crippen LogP contribution in [-0.2, 0) is 9.53 Å². The number of carbonyl (C=O) groups excluding carboxylic acids is 1. The molecule has 2 heterocycles. The van der Waals surface area contributed by atoms with Crippen LogP contribution in [0.25, 0.3) is 0 Å². The smallest absolute Gasteiger partial charge is 0.241 e. The van der Waals surface area contributed by atoms with E-state index in [2.05, 4.69) is 19.2 Å². The van der Waals surface area contributed by atoms with Crippen LogP contribution in [-0.4, -0.2) is 42.3 Å². The van der Waals surface area contributed by atoms with Crippen LogP contribution in [0.1, 0.15) is 39.5 Å². The highest BCUT2D eigenvalue weighted by Crippen LogP contribution is 2.24. The summed E-state index contributed by atoms with van der Waals surface area (Å²) in [6, 6.07) is 0.324. The van der Waals surface area contributed by atoms with Crippen molar-refractivity contribution < 1.29 is 9.53 Å². The molecule has 0 radical (unpaired) electrons. The van der Waals surface area contributed by atoms with Gasteiger partial charge < -0.3 is 9.64 Å². The zero-order valence-corrected chi connectivity index (χ0v) is 10.2. The number of amides is 1. The summed E-state index contributed by atoms with van der Waals surface area (Å²) in [7, 11) is 0. The third kappa shape index (κ3) is 2.09. The monoisotopic (exact) mass is 226 g/mol. The predicted molar refractivity (Wildman–Crippen MR) is 62.0 cm³/mol. The molecule has 3 unspecified atom stereocenters. The summed E-state index contributed by atoms with van der Waals surface area (Å²) in [5.41, 5.74) is 0. The number of carbonyl (C=O) groups is 1. The maximum Gasteiger partial charge on any atom is 0.241 e. The zero-order chi connectivity index (χ0) is 11.5. The molecule has 2 aliphatic rings. The lowest BCUT2D eigenvalue weighted by atomic mass is 10.1. The van der Waals surface area contributed by atoms with Crippen LogP contribution in [0.15, 0.2) is 0 Å². The molecule has 4 nitrogen and oxygen atoms in total. The van der Waals surface area contributed by atoms with Gasteiger partial charge in [-0.1, -0.05) is 20.3 Å². The molecule has 0 aromatic rings. The molecule has 16 heavy (non-hydrogen) atoms. The molecule has 0 aliphatic carbocycles. The molecule has 2 rings (SSSR count). The van der Waals surface area contributed by atoms with E-state index in [1.54, 1.807) is 0 Å². The maximum atomic E-state index is 12.2. The average Bonchev–Trinajstić information content (AvgIpc) is 2.87. The third-order valence-electron chi connectivity index (χ3n) is 3.55. The summed E-state index contributed by atoms with van der Waals surface area (Å²) < 4.78 is 5.39. The van der Waals surface area contributed by atoms with Gasteiger partial charge in [-0.3, -0.25) is 10.1 Å². The van der Waals surface area contributed by atoms with E-state index in [1.807, 2.05) is 4.90 Å². The van der Waals surface area contributed by atoms with Crippen molar-refractivity contribution in [3.05, 3.63) is 0 Å². The number of hydrogen-bond donors (Lipinski definition) is 1. The first-order chi connectivity index (χ1) is 7.77. The van der Waals surface area contributed by atoms with E-state index < -0.39 is 0 Å². The molecule has 4 heteroatoms. The summed E-state index contributed by atoms with van der Waals surface area (Å²) in [4.78, 5) is 14.3. The fourth-order valence-electron chi connectivity index (χ4n) is 2.68. The van der Waals surface area contributed by atoms with E-state index in [-0.39, 0.29) is 18.1 Å². The highest BCUT2D eigenvalue weighted by Gasteiger charge is 2.41. The van der Waals surface area contributed by atoms with Gasteiger partial charge in [-0.15, -0.1) is 0 Å². The second kappa shape index (κ2) is 5.15. The first-order valence-corrected chi connectivity index (χ1v) is 6.43. The van der Waals surface area contributed by atoms with Crippen molar-refractivity contribution in [1.82, 2.24) is 10.2 Å². The van der Waals surface area contributed by atoms with Crippen LogP contribution in [0, 0.1) is 0 Å². The summed E-state index contributed by atoms with van der Waals surface area (Å²) in [6.07, 6.45) is 4.24. The van der Waals surface area contributed by atoms with Crippen LogP contribution in [0.2, 0.25) is 0 Å². The molecular formula is C12H22N2O2. The van der Waals surface area contributed by atoms with Gasteiger partial charge in [0.15, 0.2) is 0 Å². The van der Waals surface area contributed by atoms with Crippen molar-refractivity contribution in [2.24, 2.45) is 0 Å². The van der Waals surface area contributed by atoms with Gasteiger partial charge in [0, 0.05) is 6.61 Å².